The molecular formula is C26H27FN6O6. The van der Waals surface area contributed by atoms with E-state index in [1.165, 1.54) is 24.1 Å². The van der Waals surface area contributed by atoms with Gasteiger partial charge in [-0.15, -0.1) is 0 Å². The van der Waals surface area contributed by atoms with Crippen molar-refractivity contribution in [1.82, 2.24) is 19.6 Å². The number of aromatic nitrogens is 2. The first-order valence-electron chi connectivity index (χ1n) is 12.4. The maximum absolute atomic E-state index is 15.1. The Morgan fingerprint density at radius 3 is 2.85 bits per heavy atom. The van der Waals surface area contributed by atoms with Gasteiger partial charge in [0.15, 0.2) is 6.61 Å². The fourth-order valence-electron chi connectivity index (χ4n) is 4.35. The summed E-state index contributed by atoms with van der Waals surface area (Å²) in [4.78, 5) is 48.0. The molecule has 2 aliphatic heterocycles. The molecule has 5 rings (SSSR count). The number of carbonyl (C=O) groups is 3. The number of fused-ring (bicyclic) bond motifs is 1. The summed E-state index contributed by atoms with van der Waals surface area (Å²) in [6, 6.07) is 7.98. The third-order valence-corrected chi connectivity index (χ3v) is 6.38. The minimum absolute atomic E-state index is 0.155. The monoisotopic (exact) mass is 538 g/mol. The van der Waals surface area contributed by atoms with E-state index in [-0.39, 0.29) is 31.5 Å². The molecule has 204 valence electrons. The molecule has 1 N–H and O–H groups in total. The molecular weight excluding hydrogens is 511 g/mol. The Bertz CT molecular complexity index is 1420. The minimum Gasteiger partial charge on any atom is -0.442 e. The van der Waals surface area contributed by atoms with Crippen molar-refractivity contribution < 1.29 is 33.1 Å². The first-order chi connectivity index (χ1) is 18.9. The third-order valence-electron chi connectivity index (χ3n) is 6.38. The Morgan fingerprint density at radius 2 is 2.08 bits per heavy atom. The van der Waals surface area contributed by atoms with Gasteiger partial charge in [0.05, 0.1) is 50.1 Å². The molecule has 2 aliphatic rings. The molecule has 12 nitrogen and oxygen atoms in total. The number of halogens is 1. The maximum Gasteiger partial charge on any atom is 0.414 e. The summed E-state index contributed by atoms with van der Waals surface area (Å²) in [5.41, 5.74) is 2.48. The van der Waals surface area contributed by atoms with Crippen LogP contribution in [0.4, 0.5) is 14.9 Å². The smallest absolute Gasteiger partial charge is 0.414 e. The minimum atomic E-state index is -0.597. The highest BCUT2D eigenvalue weighted by Crippen LogP contribution is 2.29. The molecule has 0 spiro atoms. The number of nitrogens with one attached hydrogen (secondary N) is 1. The predicted octanol–water partition coefficient (Wildman–Crippen LogP) is 1.81. The van der Waals surface area contributed by atoms with Gasteiger partial charge in [-0.25, -0.2) is 14.2 Å². The van der Waals surface area contributed by atoms with Gasteiger partial charge in [-0.2, -0.15) is 0 Å². The van der Waals surface area contributed by atoms with Crippen LogP contribution in [0.15, 0.2) is 47.9 Å². The zero-order valence-corrected chi connectivity index (χ0v) is 21.2. The number of morpholine rings is 1. The zero-order valence-electron chi connectivity index (χ0n) is 21.2. The number of amides is 3. The zero-order chi connectivity index (χ0) is 27.4. The molecule has 3 aromatic rings. The van der Waals surface area contributed by atoms with E-state index >= 15 is 4.39 Å². The van der Waals surface area contributed by atoms with Crippen LogP contribution in [0.3, 0.4) is 0 Å². The van der Waals surface area contributed by atoms with Crippen molar-refractivity contribution in [1.29, 1.82) is 0 Å². The molecule has 2 fully saturated rings. The van der Waals surface area contributed by atoms with Gasteiger partial charge in [0, 0.05) is 31.8 Å². The van der Waals surface area contributed by atoms with Crippen molar-refractivity contribution in [3.8, 4) is 11.1 Å². The normalized spacial score (nSPS) is 17.6. The van der Waals surface area contributed by atoms with Crippen LogP contribution in [-0.4, -0.2) is 90.5 Å². The van der Waals surface area contributed by atoms with Crippen LogP contribution in [0.1, 0.15) is 12.6 Å². The second-order valence-electron chi connectivity index (χ2n) is 9.05. The Kier molecular flexibility index (Phi) is 7.68. The fourth-order valence-corrected chi connectivity index (χ4v) is 4.35. The van der Waals surface area contributed by atoms with Gasteiger partial charge in [-0.05, 0) is 35.9 Å². The molecule has 39 heavy (non-hydrogen) atoms. The first kappa shape index (κ1) is 26.1. The number of ether oxygens (including phenoxy) is 2. The van der Waals surface area contributed by atoms with Crippen molar-refractivity contribution in [3.63, 3.8) is 0 Å². The summed E-state index contributed by atoms with van der Waals surface area (Å²) in [5.74, 6) is -0.891. The summed E-state index contributed by atoms with van der Waals surface area (Å²) < 4.78 is 27.4. The Hall–Kier alpha value is -4.52. The summed E-state index contributed by atoms with van der Waals surface area (Å²) in [7, 11) is 0. The average Bonchev–Trinajstić information content (AvgIpc) is 3.52. The van der Waals surface area contributed by atoms with Crippen LogP contribution in [0.2, 0.25) is 0 Å². The lowest BCUT2D eigenvalue weighted by molar-refractivity contribution is -0.140. The van der Waals surface area contributed by atoms with Gasteiger partial charge in [0.2, 0.25) is 5.91 Å². The van der Waals surface area contributed by atoms with Gasteiger partial charge < -0.3 is 24.5 Å². The standard InChI is InChI=1S/C26H27FN6O6/c1-17(34)28-14-21-15-33(26(36)39-21)19-2-3-22(23(27)11-19)18-4-5-32-20(12-29-24(32)10-18)13-30-38-16-25(35)31-6-8-37-9-7-31/h2-5,10-13,21H,6-9,14-16H2,1H3,(H,28,34)/t21-/m0/s1. The number of rotatable bonds is 8. The van der Waals surface area contributed by atoms with Crippen molar-refractivity contribution in [3.05, 3.63) is 54.2 Å². The van der Waals surface area contributed by atoms with Gasteiger partial charge in [0.1, 0.15) is 17.6 Å². The van der Waals surface area contributed by atoms with E-state index in [9.17, 15) is 14.4 Å². The van der Waals surface area contributed by atoms with E-state index < -0.39 is 18.0 Å². The highest BCUT2D eigenvalue weighted by atomic mass is 19.1. The average molecular weight is 539 g/mol. The molecule has 1 aromatic carbocycles. The molecule has 0 saturated carbocycles. The maximum atomic E-state index is 15.1. The number of benzene rings is 1. The number of pyridine rings is 1. The van der Waals surface area contributed by atoms with Gasteiger partial charge >= 0.3 is 6.09 Å². The Balaban J connectivity index is 1.23. The molecule has 3 amide bonds. The molecule has 0 unspecified atom stereocenters. The molecule has 1 atom stereocenters. The van der Waals surface area contributed by atoms with Crippen molar-refractivity contribution in [2.24, 2.45) is 5.16 Å². The molecule has 0 aliphatic carbocycles. The summed E-state index contributed by atoms with van der Waals surface area (Å²) in [6.45, 7) is 3.71. The SMILES string of the molecule is CC(=O)NC[C@H]1CN(c2ccc(-c3ccn4c(C=NOCC(=O)N5CCOCC5)cnc4c3)c(F)c2)C(=O)O1. The fraction of sp³-hybridized carbons (Fsp3) is 0.346. The van der Waals surface area contributed by atoms with Gasteiger partial charge in [-0.3, -0.25) is 18.9 Å². The number of cyclic esters (lactones) is 1. The van der Waals surface area contributed by atoms with E-state index in [0.29, 0.717) is 54.5 Å². The molecule has 0 radical (unpaired) electrons. The van der Waals surface area contributed by atoms with Crippen LogP contribution < -0.4 is 10.2 Å². The van der Waals surface area contributed by atoms with Crippen LogP contribution >= 0.6 is 0 Å². The highest BCUT2D eigenvalue weighted by molar-refractivity contribution is 5.90. The van der Waals surface area contributed by atoms with Gasteiger partial charge in [-0.1, -0.05) is 5.16 Å². The summed E-state index contributed by atoms with van der Waals surface area (Å²) >= 11 is 0. The molecule has 2 saturated heterocycles. The number of hydrogen-bond acceptors (Lipinski definition) is 8. The lowest BCUT2D eigenvalue weighted by Crippen LogP contribution is -2.42. The van der Waals surface area contributed by atoms with E-state index in [1.807, 2.05) is 0 Å². The molecule has 13 heteroatoms. The number of oxime groups is 1. The van der Waals surface area contributed by atoms with Crippen LogP contribution in [0, 0.1) is 5.82 Å². The molecule has 0 bridgehead atoms. The first-order valence-corrected chi connectivity index (χ1v) is 12.4. The van der Waals surface area contributed by atoms with Crippen LogP contribution in [0.25, 0.3) is 16.8 Å². The lowest BCUT2D eigenvalue weighted by Gasteiger charge is -2.26. The predicted molar refractivity (Wildman–Crippen MR) is 138 cm³/mol. The number of nitrogens with zero attached hydrogens (tertiary/aromatic N) is 5. The van der Waals surface area contributed by atoms with Crippen molar-refractivity contribution in [2.75, 3.05) is 50.9 Å². The Labute approximate surface area is 222 Å². The number of imidazole rings is 1. The number of anilines is 1. The summed E-state index contributed by atoms with van der Waals surface area (Å²) in [5, 5.41) is 6.50. The van der Waals surface area contributed by atoms with E-state index in [4.69, 9.17) is 14.3 Å². The summed E-state index contributed by atoms with van der Waals surface area (Å²) in [6.07, 6.45) is 3.66. The Morgan fingerprint density at radius 1 is 1.26 bits per heavy atom. The third kappa shape index (κ3) is 5.98. The van der Waals surface area contributed by atoms with E-state index in [2.05, 4.69) is 15.5 Å². The molecule has 2 aromatic heterocycles. The van der Waals surface area contributed by atoms with Crippen LogP contribution in [0.5, 0.6) is 0 Å². The topological polar surface area (TPSA) is 127 Å². The van der Waals surface area contributed by atoms with Crippen molar-refractivity contribution >= 4 is 35.5 Å². The van der Waals surface area contributed by atoms with E-state index in [0.717, 1.165) is 0 Å². The van der Waals surface area contributed by atoms with Gasteiger partial charge in [0.25, 0.3) is 5.91 Å². The number of hydrogen-bond donors (Lipinski definition) is 1. The quantitative estimate of drug-likeness (QED) is 0.342. The highest BCUT2D eigenvalue weighted by Gasteiger charge is 2.32. The van der Waals surface area contributed by atoms with Crippen molar-refractivity contribution in [2.45, 2.75) is 13.0 Å². The second-order valence-corrected chi connectivity index (χ2v) is 9.05. The molecule has 4 heterocycles. The largest absolute Gasteiger partial charge is 0.442 e. The lowest BCUT2D eigenvalue weighted by atomic mass is 10.1. The van der Waals surface area contributed by atoms with Crippen LogP contribution in [-0.2, 0) is 23.9 Å². The number of carbonyl (C=O) groups excluding carboxylic acids is 3. The van der Waals surface area contributed by atoms with E-state index in [1.54, 1.807) is 46.0 Å². The second kappa shape index (κ2) is 11.5.